The molecule has 0 unspecified atom stereocenters. The Morgan fingerprint density at radius 3 is 2.54 bits per heavy atom. The number of ether oxygens (including phenoxy) is 2. The zero-order chi connectivity index (χ0) is 26.4. The number of nitrogens with zero attached hydrogens (tertiary/aromatic N) is 1. The van der Waals surface area contributed by atoms with Gasteiger partial charge in [0.25, 0.3) is 11.1 Å². The normalized spacial score (nSPS) is 14.3. The molecule has 1 saturated heterocycles. The second-order valence-corrected chi connectivity index (χ2v) is 9.65. The van der Waals surface area contributed by atoms with Gasteiger partial charge < -0.3 is 14.6 Å². The van der Waals surface area contributed by atoms with Crippen molar-refractivity contribution in [3.05, 3.63) is 98.9 Å². The Morgan fingerprint density at radius 2 is 1.81 bits per heavy atom. The fourth-order valence-electron chi connectivity index (χ4n) is 3.84. The summed E-state index contributed by atoms with van der Waals surface area (Å²) in [5.41, 5.74) is 2.55. The average molecular weight is 538 g/mol. The number of aromatic carboxylic acids is 1. The highest BCUT2D eigenvalue weighted by atomic mass is 35.5. The number of carbonyl (C=O) groups excluding carboxylic acids is 2. The first-order valence-corrected chi connectivity index (χ1v) is 12.7. The lowest BCUT2D eigenvalue weighted by atomic mass is 10.1. The van der Waals surface area contributed by atoms with Gasteiger partial charge in [0.2, 0.25) is 0 Å². The number of methoxy groups -OCH3 is 1. The number of carboxylic acid groups (broad SMARTS) is 1. The van der Waals surface area contributed by atoms with Crippen molar-refractivity contribution in [3.63, 3.8) is 0 Å². The topological polar surface area (TPSA) is 93.1 Å². The summed E-state index contributed by atoms with van der Waals surface area (Å²) in [4.78, 5) is 38.1. The van der Waals surface area contributed by atoms with Crippen LogP contribution in [0.15, 0.2) is 71.6 Å². The molecule has 0 aliphatic carbocycles. The lowest BCUT2D eigenvalue weighted by Gasteiger charge is -2.14. The molecule has 1 aliphatic heterocycles. The summed E-state index contributed by atoms with van der Waals surface area (Å²) in [5, 5.41) is 9.12. The molecule has 0 aromatic heterocycles. The average Bonchev–Trinajstić information content (AvgIpc) is 3.15. The molecule has 3 aromatic rings. The van der Waals surface area contributed by atoms with Crippen LogP contribution in [0, 0.1) is 0 Å². The number of aryl methyl sites for hydroxylation is 1. The number of carbonyl (C=O) groups is 3. The van der Waals surface area contributed by atoms with Crippen LogP contribution in [0.3, 0.4) is 0 Å². The molecular weight excluding hydrogens is 514 g/mol. The third-order valence-electron chi connectivity index (χ3n) is 5.67. The Balaban J connectivity index is 1.45. The molecule has 1 heterocycles. The van der Waals surface area contributed by atoms with E-state index in [-0.39, 0.29) is 34.1 Å². The van der Waals surface area contributed by atoms with Gasteiger partial charge in [-0.15, -0.1) is 0 Å². The van der Waals surface area contributed by atoms with Crippen molar-refractivity contribution < 1.29 is 29.0 Å². The molecule has 190 valence electrons. The quantitative estimate of drug-likeness (QED) is 0.303. The lowest BCUT2D eigenvalue weighted by Crippen LogP contribution is -2.29. The van der Waals surface area contributed by atoms with Crippen molar-refractivity contribution in [3.8, 4) is 11.5 Å². The third kappa shape index (κ3) is 6.53. The summed E-state index contributed by atoms with van der Waals surface area (Å²) >= 11 is 7.36. The molecule has 37 heavy (non-hydrogen) atoms. The van der Waals surface area contributed by atoms with Gasteiger partial charge in [-0.2, -0.15) is 0 Å². The Hall–Kier alpha value is -3.75. The molecule has 0 radical (unpaired) electrons. The second-order valence-electron chi connectivity index (χ2n) is 8.25. The van der Waals surface area contributed by atoms with Gasteiger partial charge in [-0.3, -0.25) is 14.5 Å². The van der Waals surface area contributed by atoms with E-state index in [1.807, 2.05) is 30.3 Å². The summed E-state index contributed by atoms with van der Waals surface area (Å²) in [6, 6.07) is 19.6. The fraction of sp³-hybridized carbons (Fsp3) is 0.179. The van der Waals surface area contributed by atoms with Crippen LogP contribution < -0.4 is 9.47 Å². The molecule has 4 rings (SSSR count). The van der Waals surface area contributed by atoms with E-state index in [9.17, 15) is 19.5 Å². The van der Waals surface area contributed by atoms with Gasteiger partial charge in [0.05, 0.1) is 22.6 Å². The molecule has 0 spiro atoms. The monoisotopic (exact) mass is 537 g/mol. The van der Waals surface area contributed by atoms with Gasteiger partial charge in [-0.25, -0.2) is 4.79 Å². The number of amides is 2. The van der Waals surface area contributed by atoms with Crippen LogP contribution >= 0.6 is 23.4 Å². The summed E-state index contributed by atoms with van der Waals surface area (Å²) in [7, 11) is 1.47. The van der Waals surface area contributed by atoms with E-state index in [1.54, 1.807) is 30.3 Å². The molecule has 7 nitrogen and oxygen atoms in total. The van der Waals surface area contributed by atoms with Gasteiger partial charge in [0.1, 0.15) is 6.61 Å². The first kappa shape index (κ1) is 26.3. The molecule has 1 aliphatic rings. The van der Waals surface area contributed by atoms with Crippen molar-refractivity contribution in [2.75, 3.05) is 13.7 Å². The minimum Gasteiger partial charge on any atom is -0.493 e. The molecule has 0 bridgehead atoms. The SMILES string of the molecule is COc1cc(/C=C2/SC(=O)N(CCCc3ccccc3)C2=O)cc(Cl)c1OCc1cccc(C(=O)O)c1. The minimum absolute atomic E-state index is 0.0818. The van der Waals surface area contributed by atoms with Crippen LogP contribution in [0.4, 0.5) is 4.79 Å². The van der Waals surface area contributed by atoms with Crippen LogP contribution in [-0.4, -0.2) is 40.8 Å². The Labute approximate surface area is 223 Å². The number of halogens is 1. The predicted molar refractivity (Wildman–Crippen MR) is 143 cm³/mol. The van der Waals surface area contributed by atoms with Crippen molar-refractivity contribution in [2.24, 2.45) is 0 Å². The smallest absolute Gasteiger partial charge is 0.335 e. The van der Waals surface area contributed by atoms with Crippen molar-refractivity contribution >= 4 is 46.6 Å². The van der Waals surface area contributed by atoms with Crippen molar-refractivity contribution in [1.82, 2.24) is 4.90 Å². The predicted octanol–water partition coefficient (Wildman–Crippen LogP) is 6.29. The molecule has 0 saturated carbocycles. The first-order chi connectivity index (χ1) is 17.9. The Kier molecular flexibility index (Phi) is 8.53. The van der Waals surface area contributed by atoms with Crippen LogP contribution in [0.5, 0.6) is 11.5 Å². The maximum Gasteiger partial charge on any atom is 0.335 e. The Morgan fingerprint density at radius 1 is 1.05 bits per heavy atom. The zero-order valence-corrected chi connectivity index (χ0v) is 21.6. The molecular formula is C28H24ClNO6S. The highest BCUT2D eigenvalue weighted by Gasteiger charge is 2.34. The second kappa shape index (κ2) is 12.0. The number of hydrogen-bond donors (Lipinski definition) is 1. The van der Waals surface area contributed by atoms with E-state index < -0.39 is 5.97 Å². The summed E-state index contributed by atoms with van der Waals surface area (Å²) in [6.45, 7) is 0.426. The lowest BCUT2D eigenvalue weighted by molar-refractivity contribution is -0.122. The van der Waals surface area contributed by atoms with Crippen LogP contribution in [0.1, 0.15) is 33.5 Å². The van der Waals surface area contributed by atoms with E-state index in [0.717, 1.165) is 23.7 Å². The Bertz CT molecular complexity index is 1360. The summed E-state index contributed by atoms with van der Waals surface area (Å²) in [6.07, 6.45) is 3.06. The van der Waals surface area contributed by atoms with E-state index in [0.29, 0.717) is 34.7 Å². The fourth-order valence-corrected chi connectivity index (χ4v) is 4.98. The molecule has 0 atom stereocenters. The van der Waals surface area contributed by atoms with Crippen molar-refractivity contribution in [2.45, 2.75) is 19.4 Å². The van der Waals surface area contributed by atoms with Crippen molar-refractivity contribution in [1.29, 1.82) is 0 Å². The van der Waals surface area contributed by atoms with E-state index in [4.69, 9.17) is 21.1 Å². The zero-order valence-electron chi connectivity index (χ0n) is 20.0. The van der Waals surface area contributed by atoms with Gasteiger partial charge in [-0.1, -0.05) is 54.1 Å². The molecule has 2 amide bonds. The maximum atomic E-state index is 12.9. The van der Waals surface area contributed by atoms with E-state index in [1.165, 1.54) is 24.1 Å². The van der Waals surface area contributed by atoms with Gasteiger partial charge in [-0.05, 0) is 71.6 Å². The summed E-state index contributed by atoms with van der Waals surface area (Å²) in [5.74, 6) is -0.731. The summed E-state index contributed by atoms with van der Waals surface area (Å²) < 4.78 is 11.3. The number of hydrogen-bond acceptors (Lipinski definition) is 6. The number of imide groups is 1. The first-order valence-electron chi connectivity index (χ1n) is 11.5. The highest BCUT2D eigenvalue weighted by Crippen LogP contribution is 2.39. The van der Waals surface area contributed by atoms with Gasteiger partial charge >= 0.3 is 5.97 Å². The minimum atomic E-state index is -1.03. The van der Waals surface area contributed by atoms with E-state index in [2.05, 4.69) is 0 Å². The van der Waals surface area contributed by atoms with Crippen LogP contribution in [0.2, 0.25) is 5.02 Å². The standard InChI is InChI=1S/C28H24ClNO6S/c1-35-23-15-20(14-22(29)25(23)36-17-19-9-5-11-21(13-19)27(32)33)16-24-26(31)30(28(34)37-24)12-6-10-18-7-3-2-4-8-18/h2-5,7-9,11,13-16H,6,10,12,17H2,1H3,(H,32,33)/b24-16+. The number of carboxylic acids is 1. The molecule has 3 aromatic carbocycles. The van der Waals surface area contributed by atoms with Gasteiger partial charge in [0, 0.05) is 6.54 Å². The third-order valence-corrected chi connectivity index (χ3v) is 6.86. The number of thioether (sulfide) groups is 1. The molecule has 1 N–H and O–H groups in total. The maximum absolute atomic E-state index is 12.9. The number of benzene rings is 3. The largest absolute Gasteiger partial charge is 0.493 e. The van der Waals surface area contributed by atoms with Crippen LogP contribution in [-0.2, 0) is 17.8 Å². The molecule has 9 heteroatoms. The molecule has 1 fully saturated rings. The number of rotatable bonds is 10. The van der Waals surface area contributed by atoms with E-state index >= 15 is 0 Å². The van der Waals surface area contributed by atoms with Gasteiger partial charge in [0.15, 0.2) is 11.5 Å². The highest BCUT2D eigenvalue weighted by molar-refractivity contribution is 8.18. The van der Waals surface area contributed by atoms with Crippen LogP contribution in [0.25, 0.3) is 6.08 Å².